The van der Waals surface area contributed by atoms with Crippen molar-refractivity contribution in [2.45, 2.75) is 58.7 Å². The molecule has 0 aliphatic carbocycles. The number of aromatic nitrogens is 1. The molecule has 1 atom stereocenters. The molecule has 1 unspecified atom stereocenters. The van der Waals surface area contributed by atoms with Gasteiger partial charge in [-0.2, -0.15) is 0 Å². The molecule has 0 bridgehead atoms. The monoisotopic (exact) mass is 263 g/mol. The van der Waals surface area contributed by atoms with E-state index >= 15 is 0 Å². The molecule has 0 amide bonds. The Hall–Kier alpha value is -0.800. The van der Waals surface area contributed by atoms with Crippen LogP contribution in [0, 0.1) is 0 Å². The summed E-state index contributed by atoms with van der Waals surface area (Å²) >= 11 is 0. The summed E-state index contributed by atoms with van der Waals surface area (Å²) in [5, 5.41) is 3.65. The van der Waals surface area contributed by atoms with Crippen molar-refractivity contribution in [1.82, 2.24) is 14.8 Å². The second-order valence-electron chi connectivity index (χ2n) is 5.90. The number of nitrogens with zero attached hydrogens (tertiary/aromatic N) is 2. The van der Waals surface area contributed by atoms with Crippen LogP contribution in [0.4, 0.5) is 0 Å². The number of rotatable bonds is 7. The average Bonchev–Trinajstić information content (AvgIpc) is 2.86. The topological polar surface area (TPSA) is 20.2 Å². The normalized spacial score (nSPS) is 18.6. The van der Waals surface area contributed by atoms with Crippen molar-refractivity contribution in [1.29, 1.82) is 0 Å². The summed E-state index contributed by atoms with van der Waals surface area (Å²) in [6.07, 6.45) is 9.84. The molecule has 0 radical (unpaired) electrons. The first-order valence-corrected chi connectivity index (χ1v) is 7.88. The third-order valence-corrected chi connectivity index (χ3v) is 3.93. The number of nitrogens with one attached hydrogen (secondary N) is 1. The van der Waals surface area contributed by atoms with Gasteiger partial charge in [0.2, 0.25) is 0 Å². The van der Waals surface area contributed by atoms with Crippen molar-refractivity contribution in [3.8, 4) is 0 Å². The summed E-state index contributed by atoms with van der Waals surface area (Å²) in [5.74, 6) is 0. The lowest BCUT2D eigenvalue weighted by atomic mass is 10.1. The van der Waals surface area contributed by atoms with Gasteiger partial charge in [-0.25, -0.2) is 0 Å². The summed E-state index contributed by atoms with van der Waals surface area (Å²) in [6, 6.07) is 2.81. The fourth-order valence-corrected chi connectivity index (χ4v) is 2.88. The van der Waals surface area contributed by atoms with Gasteiger partial charge in [-0.1, -0.05) is 13.3 Å². The minimum absolute atomic E-state index is 0.577. The van der Waals surface area contributed by atoms with Gasteiger partial charge in [0, 0.05) is 38.1 Å². The van der Waals surface area contributed by atoms with Crippen LogP contribution in [0.15, 0.2) is 18.5 Å². The molecule has 1 saturated heterocycles. The zero-order chi connectivity index (χ0) is 13.5. The Morgan fingerprint density at radius 1 is 1.26 bits per heavy atom. The number of aryl methyl sites for hydroxylation is 1. The highest BCUT2D eigenvalue weighted by molar-refractivity contribution is 5.10. The summed E-state index contributed by atoms with van der Waals surface area (Å²) in [7, 11) is 0. The van der Waals surface area contributed by atoms with E-state index in [1.807, 2.05) is 0 Å². The molecule has 0 aromatic carbocycles. The maximum atomic E-state index is 3.65. The molecule has 3 nitrogen and oxygen atoms in total. The van der Waals surface area contributed by atoms with E-state index in [9.17, 15) is 0 Å². The van der Waals surface area contributed by atoms with E-state index in [0.29, 0.717) is 6.04 Å². The largest absolute Gasteiger partial charge is 0.354 e. The fraction of sp³-hybridized carbons (Fsp3) is 0.750. The molecule has 0 spiro atoms. The Bertz CT molecular complexity index is 353. The second-order valence-corrected chi connectivity index (χ2v) is 5.90. The third kappa shape index (κ3) is 5.00. The Morgan fingerprint density at radius 3 is 2.79 bits per heavy atom. The molecule has 1 aliphatic rings. The first kappa shape index (κ1) is 14.6. The molecule has 2 rings (SSSR count). The van der Waals surface area contributed by atoms with Crippen LogP contribution >= 0.6 is 0 Å². The molecule has 3 heteroatoms. The highest BCUT2D eigenvalue weighted by Gasteiger charge is 2.12. The molecule has 1 fully saturated rings. The average molecular weight is 263 g/mol. The highest BCUT2D eigenvalue weighted by atomic mass is 15.1. The predicted molar refractivity (Wildman–Crippen MR) is 81.3 cm³/mol. The van der Waals surface area contributed by atoms with Crippen molar-refractivity contribution >= 4 is 0 Å². The molecule has 2 heterocycles. The smallest absolute Gasteiger partial charge is 0.0223 e. The number of piperidine rings is 1. The molecule has 1 aliphatic heterocycles. The highest BCUT2D eigenvalue weighted by Crippen LogP contribution is 2.09. The van der Waals surface area contributed by atoms with Crippen molar-refractivity contribution in [3.63, 3.8) is 0 Å². The Morgan fingerprint density at radius 2 is 2.05 bits per heavy atom. The summed E-state index contributed by atoms with van der Waals surface area (Å²) < 4.78 is 2.28. The van der Waals surface area contributed by atoms with Crippen LogP contribution < -0.4 is 5.32 Å². The van der Waals surface area contributed by atoms with Crippen LogP contribution in [0.1, 0.15) is 45.1 Å². The van der Waals surface area contributed by atoms with Crippen molar-refractivity contribution in [2.75, 3.05) is 19.6 Å². The Kier molecular flexibility index (Phi) is 5.93. The Labute approximate surface area is 118 Å². The van der Waals surface area contributed by atoms with Gasteiger partial charge in [0.15, 0.2) is 0 Å². The van der Waals surface area contributed by atoms with Gasteiger partial charge in [-0.15, -0.1) is 0 Å². The van der Waals surface area contributed by atoms with Crippen LogP contribution in [0.2, 0.25) is 0 Å². The van der Waals surface area contributed by atoms with Gasteiger partial charge in [-0.05, 0) is 50.9 Å². The predicted octanol–water partition coefficient (Wildman–Crippen LogP) is 2.86. The van der Waals surface area contributed by atoms with E-state index < -0.39 is 0 Å². The zero-order valence-corrected chi connectivity index (χ0v) is 12.6. The maximum Gasteiger partial charge on any atom is 0.0223 e. The summed E-state index contributed by atoms with van der Waals surface area (Å²) in [4.78, 5) is 2.60. The molecule has 1 aromatic heterocycles. The van der Waals surface area contributed by atoms with Crippen LogP contribution in [0.25, 0.3) is 0 Å². The fourth-order valence-electron chi connectivity index (χ4n) is 2.88. The van der Waals surface area contributed by atoms with Gasteiger partial charge >= 0.3 is 0 Å². The van der Waals surface area contributed by atoms with E-state index in [4.69, 9.17) is 0 Å². The van der Waals surface area contributed by atoms with Gasteiger partial charge in [0.25, 0.3) is 0 Å². The van der Waals surface area contributed by atoms with Gasteiger partial charge in [-0.3, -0.25) is 0 Å². The minimum Gasteiger partial charge on any atom is -0.354 e. The van der Waals surface area contributed by atoms with Crippen LogP contribution in [0.5, 0.6) is 0 Å². The second kappa shape index (κ2) is 7.71. The number of hydrogen-bond acceptors (Lipinski definition) is 2. The van der Waals surface area contributed by atoms with Crippen molar-refractivity contribution in [2.24, 2.45) is 0 Å². The molecule has 0 saturated carbocycles. The van der Waals surface area contributed by atoms with Crippen LogP contribution in [-0.2, 0) is 13.1 Å². The van der Waals surface area contributed by atoms with Gasteiger partial charge in [0.05, 0.1) is 0 Å². The van der Waals surface area contributed by atoms with Crippen molar-refractivity contribution in [3.05, 3.63) is 24.0 Å². The first-order chi connectivity index (χ1) is 9.28. The molecular weight excluding hydrogens is 234 g/mol. The third-order valence-electron chi connectivity index (χ3n) is 3.93. The Balaban J connectivity index is 1.68. The van der Waals surface area contributed by atoms with E-state index in [1.54, 1.807) is 0 Å². The standard InChI is InChI=1S/C16H29N3/c1-3-8-18-11-7-16(14-18)12-17-15(2)13-19-9-5-4-6-10-19/h7,11,14-15,17H,3-6,8-10,12-13H2,1-2H3. The van der Waals surface area contributed by atoms with E-state index in [-0.39, 0.29) is 0 Å². The summed E-state index contributed by atoms with van der Waals surface area (Å²) in [5.41, 5.74) is 1.40. The van der Waals surface area contributed by atoms with Gasteiger partial charge < -0.3 is 14.8 Å². The maximum absolute atomic E-state index is 3.65. The van der Waals surface area contributed by atoms with E-state index in [2.05, 4.69) is 47.1 Å². The van der Waals surface area contributed by atoms with Crippen LogP contribution in [-0.4, -0.2) is 35.1 Å². The first-order valence-electron chi connectivity index (χ1n) is 7.88. The quantitative estimate of drug-likeness (QED) is 0.816. The molecule has 1 N–H and O–H groups in total. The van der Waals surface area contributed by atoms with Crippen LogP contribution in [0.3, 0.4) is 0 Å². The number of likely N-dealkylation sites (tertiary alicyclic amines) is 1. The number of hydrogen-bond donors (Lipinski definition) is 1. The zero-order valence-electron chi connectivity index (χ0n) is 12.6. The SMILES string of the molecule is CCCn1ccc(CNC(C)CN2CCCCC2)c1. The van der Waals surface area contributed by atoms with Crippen molar-refractivity contribution < 1.29 is 0 Å². The lowest BCUT2D eigenvalue weighted by Crippen LogP contribution is -2.41. The van der Waals surface area contributed by atoms with E-state index in [0.717, 1.165) is 13.1 Å². The van der Waals surface area contributed by atoms with Gasteiger partial charge in [0.1, 0.15) is 0 Å². The summed E-state index contributed by atoms with van der Waals surface area (Å²) in [6.45, 7) is 10.4. The molecular formula is C16H29N3. The molecule has 1 aromatic rings. The lowest BCUT2D eigenvalue weighted by molar-refractivity contribution is 0.209. The van der Waals surface area contributed by atoms with E-state index in [1.165, 1.54) is 50.9 Å². The molecule has 108 valence electrons. The molecule has 19 heavy (non-hydrogen) atoms. The lowest BCUT2D eigenvalue weighted by Gasteiger charge is -2.29. The minimum atomic E-state index is 0.577.